The summed E-state index contributed by atoms with van der Waals surface area (Å²) in [5.41, 5.74) is 0.713. The topological polar surface area (TPSA) is 70.5 Å². The Morgan fingerprint density at radius 1 is 1.64 bits per heavy atom. The van der Waals surface area contributed by atoms with Gasteiger partial charge in [0.25, 0.3) is 0 Å². The summed E-state index contributed by atoms with van der Waals surface area (Å²) in [5.74, 6) is -2.37. The molecule has 1 aromatic heterocycles. The van der Waals surface area contributed by atoms with E-state index in [-0.39, 0.29) is 6.54 Å². The second kappa shape index (κ2) is 4.19. The van der Waals surface area contributed by atoms with Crippen molar-refractivity contribution in [3.05, 3.63) is 16.1 Å². The van der Waals surface area contributed by atoms with Gasteiger partial charge in [-0.2, -0.15) is 0 Å². The summed E-state index contributed by atoms with van der Waals surface area (Å²) in [6.45, 7) is 2.09. The summed E-state index contributed by atoms with van der Waals surface area (Å²) in [6, 6.07) is 0. The molecule has 1 amide bonds. The maximum atomic E-state index is 11.0. The number of hydrogen-bond acceptors (Lipinski definition) is 4. The standard InChI is InChI=1S/C8H10N2O3S/c1-5-9-6(4-14-5)3-10(2)7(11)8(12)13/h4H,3H2,1-2H3,(H,12,13). The van der Waals surface area contributed by atoms with Crippen LogP contribution in [0.5, 0.6) is 0 Å². The van der Waals surface area contributed by atoms with Crippen molar-refractivity contribution in [2.75, 3.05) is 7.05 Å². The molecular formula is C8H10N2O3S. The molecule has 0 unspecified atom stereocenters. The fourth-order valence-electron chi connectivity index (χ4n) is 0.959. The van der Waals surface area contributed by atoms with Gasteiger partial charge in [0.05, 0.1) is 17.2 Å². The highest BCUT2D eigenvalue weighted by Crippen LogP contribution is 2.09. The van der Waals surface area contributed by atoms with Crippen molar-refractivity contribution in [3.63, 3.8) is 0 Å². The highest BCUT2D eigenvalue weighted by Gasteiger charge is 2.17. The van der Waals surface area contributed by atoms with Crippen LogP contribution in [0.4, 0.5) is 0 Å². The predicted octanol–water partition coefficient (Wildman–Crippen LogP) is 0.495. The lowest BCUT2D eigenvalue weighted by atomic mass is 10.4. The lowest BCUT2D eigenvalue weighted by Gasteiger charge is -2.12. The van der Waals surface area contributed by atoms with Gasteiger partial charge in [0, 0.05) is 12.4 Å². The molecule has 6 heteroatoms. The van der Waals surface area contributed by atoms with Crippen LogP contribution in [0.3, 0.4) is 0 Å². The zero-order chi connectivity index (χ0) is 10.7. The molecule has 0 radical (unpaired) electrons. The number of likely N-dealkylation sites (N-methyl/N-ethyl adjacent to an activating group) is 1. The van der Waals surface area contributed by atoms with Crippen molar-refractivity contribution in [2.45, 2.75) is 13.5 Å². The number of nitrogens with zero attached hydrogens (tertiary/aromatic N) is 2. The van der Waals surface area contributed by atoms with Gasteiger partial charge in [-0.25, -0.2) is 9.78 Å². The molecule has 0 atom stereocenters. The monoisotopic (exact) mass is 214 g/mol. The molecule has 1 aromatic rings. The van der Waals surface area contributed by atoms with Crippen LogP contribution in [-0.4, -0.2) is 33.9 Å². The zero-order valence-corrected chi connectivity index (χ0v) is 8.67. The Labute approximate surface area is 85.0 Å². The normalized spacial score (nSPS) is 9.86. The molecule has 14 heavy (non-hydrogen) atoms. The second-order valence-corrected chi connectivity index (χ2v) is 3.89. The first-order valence-electron chi connectivity index (χ1n) is 3.90. The maximum Gasteiger partial charge on any atom is 0.394 e. The third kappa shape index (κ3) is 2.53. The summed E-state index contributed by atoms with van der Waals surface area (Å²) in [7, 11) is 1.44. The average molecular weight is 214 g/mol. The van der Waals surface area contributed by atoms with Gasteiger partial charge < -0.3 is 10.0 Å². The Hall–Kier alpha value is -1.43. The van der Waals surface area contributed by atoms with Gasteiger partial charge in [-0.15, -0.1) is 11.3 Å². The Kier molecular flexibility index (Phi) is 3.19. The SMILES string of the molecule is Cc1nc(CN(C)C(=O)C(=O)O)cs1. The number of aliphatic carboxylic acids is 1. The van der Waals surface area contributed by atoms with Crippen molar-refractivity contribution >= 4 is 23.2 Å². The highest BCUT2D eigenvalue weighted by atomic mass is 32.1. The molecule has 0 aromatic carbocycles. The van der Waals surface area contributed by atoms with Gasteiger partial charge in [-0.1, -0.05) is 0 Å². The number of carbonyl (C=O) groups is 2. The predicted molar refractivity (Wildman–Crippen MR) is 51.0 cm³/mol. The van der Waals surface area contributed by atoms with Crippen LogP contribution in [0.1, 0.15) is 10.7 Å². The lowest BCUT2D eigenvalue weighted by molar-refractivity contribution is -0.155. The number of hydrogen-bond donors (Lipinski definition) is 1. The molecule has 0 spiro atoms. The first-order valence-corrected chi connectivity index (χ1v) is 4.78. The molecule has 1 heterocycles. The van der Waals surface area contributed by atoms with Crippen LogP contribution in [0.25, 0.3) is 0 Å². The molecule has 0 aliphatic carbocycles. The van der Waals surface area contributed by atoms with Crippen molar-refractivity contribution in [1.29, 1.82) is 0 Å². The van der Waals surface area contributed by atoms with Crippen LogP contribution >= 0.6 is 11.3 Å². The summed E-state index contributed by atoms with van der Waals surface area (Å²) in [6.07, 6.45) is 0. The van der Waals surface area contributed by atoms with Crippen LogP contribution in [0.15, 0.2) is 5.38 Å². The highest BCUT2D eigenvalue weighted by molar-refractivity contribution is 7.09. The first kappa shape index (κ1) is 10.6. The summed E-state index contributed by atoms with van der Waals surface area (Å²) >= 11 is 1.47. The number of aryl methyl sites for hydroxylation is 1. The molecule has 0 fully saturated rings. The molecule has 1 rings (SSSR count). The number of carboxylic acids is 1. The number of amides is 1. The van der Waals surface area contributed by atoms with E-state index in [1.165, 1.54) is 18.4 Å². The molecule has 1 N–H and O–H groups in total. The molecule has 0 saturated heterocycles. The minimum absolute atomic E-state index is 0.232. The fraction of sp³-hybridized carbons (Fsp3) is 0.375. The van der Waals surface area contributed by atoms with Gasteiger partial charge in [0.15, 0.2) is 0 Å². The Morgan fingerprint density at radius 2 is 2.29 bits per heavy atom. The first-order chi connectivity index (χ1) is 6.50. The summed E-state index contributed by atoms with van der Waals surface area (Å²) < 4.78 is 0. The van der Waals surface area contributed by atoms with Gasteiger partial charge in [-0.3, -0.25) is 4.79 Å². The molecule has 0 aliphatic heterocycles. The van der Waals surface area contributed by atoms with Gasteiger partial charge in [-0.05, 0) is 6.92 Å². The zero-order valence-electron chi connectivity index (χ0n) is 7.85. The minimum Gasteiger partial charge on any atom is -0.474 e. The van der Waals surface area contributed by atoms with Gasteiger partial charge in [0.2, 0.25) is 0 Å². The van der Waals surface area contributed by atoms with E-state index in [4.69, 9.17) is 5.11 Å². The fourth-order valence-corrected chi connectivity index (χ4v) is 1.56. The molecule has 0 aliphatic rings. The van der Waals surface area contributed by atoms with Crippen LogP contribution in [-0.2, 0) is 16.1 Å². The summed E-state index contributed by atoms with van der Waals surface area (Å²) in [5, 5.41) is 11.1. The lowest BCUT2D eigenvalue weighted by Crippen LogP contribution is -2.32. The van der Waals surface area contributed by atoms with Crippen LogP contribution in [0, 0.1) is 6.92 Å². The van der Waals surface area contributed by atoms with Crippen molar-refractivity contribution in [3.8, 4) is 0 Å². The number of carbonyl (C=O) groups excluding carboxylic acids is 1. The van der Waals surface area contributed by atoms with E-state index in [0.717, 1.165) is 9.91 Å². The van der Waals surface area contributed by atoms with Gasteiger partial charge in [0.1, 0.15) is 0 Å². The third-order valence-electron chi connectivity index (χ3n) is 1.60. The van der Waals surface area contributed by atoms with E-state index in [1.807, 2.05) is 6.92 Å². The largest absolute Gasteiger partial charge is 0.474 e. The Bertz CT molecular complexity index is 361. The van der Waals surface area contributed by atoms with Crippen LogP contribution < -0.4 is 0 Å². The minimum atomic E-state index is -1.44. The number of rotatable bonds is 2. The van der Waals surface area contributed by atoms with E-state index in [1.54, 1.807) is 5.38 Å². The van der Waals surface area contributed by atoms with E-state index in [2.05, 4.69) is 4.98 Å². The molecular weight excluding hydrogens is 204 g/mol. The molecule has 0 bridgehead atoms. The van der Waals surface area contributed by atoms with E-state index < -0.39 is 11.9 Å². The third-order valence-corrected chi connectivity index (χ3v) is 2.42. The molecule has 76 valence electrons. The van der Waals surface area contributed by atoms with Crippen molar-refractivity contribution < 1.29 is 14.7 Å². The maximum absolute atomic E-state index is 11.0. The second-order valence-electron chi connectivity index (χ2n) is 2.82. The van der Waals surface area contributed by atoms with E-state index in [9.17, 15) is 9.59 Å². The molecule has 0 saturated carbocycles. The molecule has 5 nitrogen and oxygen atoms in total. The van der Waals surface area contributed by atoms with Crippen molar-refractivity contribution in [2.24, 2.45) is 0 Å². The quantitative estimate of drug-likeness (QED) is 0.727. The Balaban J connectivity index is 2.61. The van der Waals surface area contributed by atoms with E-state index in [0.29, 0.717) is 5.69 Å². The van der Waals surface area contributed by atoms with Crippen molar-refractivity contribution in [1.82, 2.24) is 9.88 Å². The summed E-state index contributed by atoms with van der Waals surface area (Å²) in [4.78, 5) is 26.5. The van der Waals surface area contributed by atoms with Gasteiger partial charge >= 0.3 is 11.9 Å². The number of aromatic nitrogens is 1. The van der Waals surface area contributed by atoms with Crippen LogP contribution in [0.2, 0.25) is 0 Å². The van der Waals surface area contributed by atoms with E-state index >= 15 is 0 Å². The Morgan fingerprint density at radius 3 is 2.71 bits per heavy atom. The number of carboxylic acid groups (broad SMARTS) is 1. The average Bonchev–Trinajstić information content (AvgIpc) is 2.49. The smallest absolute Gasteiger partial charge is 0.394 e. The number of thiazole rings is 1.